The normalized spacial score (nSPS) is 51.9. The molecule has 4 aliphatic rings. The van der Waals surface area contributed by atoms with Crippen molar-refractivity contribution in [2.75, 3.05) is 0 Å². The maximum atomic E-state index is 10.9. The number of hydrogen-bond acceptors (Lipinski definition) is 4. The van der Waals surface area contributed by atoms with E-state index in [0.29, 0.717) is 5.92 Å². The van der Waals surface area contributed by atoms with Gasteiger partial charge in [-0.25, -0.2) is 0 Å². The van der Waals surface area contributed by atoms with Gasteiger partial charge in [0.15, 0.2) is 0 Å². The van der Waals surface area contributed by atoms with Crippen LogP contribution in [-0.4, -0.2) is 17.9 Å². The number of rotatable bonds is 2. The van der Waals surface area contributed by atoms with Crippen LogP contribution in [0.5, 0.6) is 0 Å². The molecule has 4 nitrogen and oxygen atoms in total. The number of carbonyl (C=O) groups excluding carboxylic acids is 1. The molecular formula is C18H28O4. The molecule has 2 bridgehead atoms. The molecule has 3 saturated carbocycles. The van der Waals surface area contributed by atoms with Crippen molar-refractivity contribution in [2.45, 2.75) is 82.7 Å². The smallest absolute Gasteiger partial charge is 0.204 e. The Morgan fingerprint density at radius 2 is 1.64 bits per heavy atom. The van der Waals surface area contributed by atoms with Gasteiger partial charge < -0.3 is 9.53 Å². The highest BCUT2D eigenvalue weighted by atomic mass is 17.3. The van der Waals surface area contributed by atoms with E-state index in [0.717, 1.165) is 43.8 Å². The van der Waals surface area contributed by atoms with Crippen molar-refractivity contribution in [1.82, 2.24) is 0 Å². The third kappa shape index (κ3) is 2.63. The van der Waals surface area contributed by atoms with E-state index in [2.05, 4.69) is 6.92 Å². The Bertz CT molecular complexity index is 417. The highest BCUT2D eigenvalue weighted by Crippen LogP contribution is 2.52. The summed E-state index contributed by atoms with van der Waals surface area (Å²) in [5.41, 5.74) is 0. The Kier molecular flexibility index (Phi) is 3.82. The predicted molar refractivity (Wildman–Crippen MR) is 80.6 cm³/mol. The summed E-state index contributed by atoms with van der Waals surface area (Å²) >= 11 is 0. The molecule has 3 aliphatic carbocycles. The van der Waals surface area contributed by atoms with Crippen molar-refractivity contribution < 1.29 is 19.3 Å². The molecule has 4 rings (SSSR count). The van der Waals surface area contributed by atoms with E-state index in [-0.39, 0.29) is 5.92 Å². The summed E-state index contributed by atoms with van der Waals surface area (Å²) in [5, 5.41) is 0. The highest BCUT2D eigenvalue weighted by molar-refractivity contribution is 5.53. The highest BCUT2D eigenvalue weighted by Gasteiger charge is 2.56. The van der Waals surface area contributed by atoms with E-state index < -0.39 is 11.6 Å². The van der Waals surface area contributed by atoms with E-state index in [1.54, 1.807) is 0 Å². The molecule has 0 amide bonds. The molecule has 4 fully saturated rings. The number of aldehydes is 1. The monoisotopic (exact) mass is 308 g/mol. The first kappa shape index (κ1) is 15.1. The van der Waals surface area contributed by atoms with Crippen LogP contribution in [0.2, 0.25) is 0 Å². The van der Waals surface area contributed by atoms with Crippen LogP contribution in [0.25, 0.3) is 0 Å². The third-order valence-corrected chi connectivity index (χ3v) is 6.60. The molecule has 0 N–H and O–H groups in total. The van der Waals surface area contributed by atoms with Gasteiger partial charge in [0.05, 0.1) is 0 Å². The lowest BCUT2D eigenvalue weighted by molar-refractivity contribution is -0.361. The number of hydrogen-bond donors (Lipinski definition) is 0. The first-order valence-corrected chi connectivity index (χ1v) is 9.13. The molecule has 0 aromatic heterocycles. The Labute approximate surface area is 132 Å². The van der Waals surface area contributed by atoms with Gasteiger partial charge in [-0.15, -0.1) is 0 Å². The fourth-order valence-corrected chi connectivity index (χ4v) is 5.27. The van der Waals surface area contributed by atoms with Crippen LogP contribution in [0.15, 0.2) is 0 Å². The van der Waals surface area contributed by atoms with Crippen LogP contribution in [-0.2, 0) is 19.3 Å². The third-order valence-electron chi connectivity index (χ3n) is 6.60. The second-order valence-electron chi connectivity index (χ2n) is 8.24. The summed E-state index contributed by atoms with van der Waals surface area (Å²) in [4.78, 5) is 22.5. The summed E-state index contributed by atoms with van der Waals surface area (Å²) in [6.45, 7) is 2.07. The molecule has 1 aliphatic heterocycles. The molecule has 0 radical (unpaired) electrons. The molecule has 1 heterocycles. The maximum absolute atomic E-state index is 10.9. The summed E-state index contributed by atoms with van der Waals surface area (Å²) < 4.78 is 6.41. The van der Waals surface area contributed by atoms with Gasteiger partial charge in [0, 0.05) is 24.7 Å². The zero-order valence-electron chi connectivity index (χ0n) is 13.6. The maximum Gasteiger partial charge on any atom is 0.204 e. The van der Waals surface area contributed by atoms with E-state index in [9.17, 15) is 4.79 Å². The van der Waals surface area contributed by atoms with E-state index in [4.69, 9.17) is 14.5 Å². The summed E-state index contributed by atoms with van der Waals surface area (Å²) in [6.07, 6.45) is 12.3. The van der Waals surface area contributed by atoms with Gasteiger partial charge in [0.25, 0.3) is 0 Å². The van der Waals surface area contributed by atoms with E-state index in [1.165, 1.54) is 38.5 Å². The summed E-state index contributed by atoms with van der Waals surface area (Å²) in [6, 6.07) is 0. The molecule has 2 unspecified atom stereocenters. The van der Waals surface area contributed by atoms with Crippen molar-refractivity contribution in [3.8, 4) is 0 Å². The van der Waals surface area contributed by atoms with Crippen molar-refractivity contribution >= 4 is 6.29 Å². The molecule has 0 aromatic rings. The molecule has 3 atom stereocenters. The largest absolute Gasteiger partial charge is 0.312 e. The molecule has 0 aromatic carbocycles. The van der Waals surface area contributed by atoms with Crippen LogP contribution < -0.4 is 0 Å². The van der Waals surface area contributed by atoms with Crippen molar-refractivity contribution in [1.29, 1.82) is 0 Å². The van der Waals surface area contributed by atoms with Crippen molar-refractivity contribution in [3.63, 3.8) is 0 Å². The van der Waals surface area contributed by atoms with Gasteiger partial charge in [-0.1, -0.05) is 19.3 Å². The molecular weight excluding hydrogens is 280 g/mol. The second kappa shape index (κ2) is 5.57. The minimum atomic E-state index is -0.596. The van der Waals surface area contributed by atoms with Crippen LogP contribution in [0.3, 0.4) is 0 Å². The minimum Gasteiger partial charge on any atom is -0.312 e. The van der Waals surface area contributed by atoms with Crippen LogP contribution in [0, 0.1) is 23.7 Å². The Balaban J connectivity index is 1.43. The topological polar surface area (TPSA) is 44.8 Å². The van der Waals surface area contributed by atoms with Crippen molar-refractivity contribution in [3.05, 3.63) is 0 Å². The molecule has 124 valence electrons. The van der Waals surface area contributed by atoms with Crippen molar-refractivity contribution in [2.24, 2.45) is 23.7 Å². The Morgan fingerprint density at radius 1 is 0.955 bits per heavy atom. The first-order chi connectivity index (χ1) is 10.6. The summed E-state index contributed by atoms with van der Waals surface area (Å²) in [7, 11) is 0. The molecule has 4 heteroatoms. The average molecular weight is 308 g/mol. The molecule has 1 spiro atoms. The van der Waals surface area contributed by atoms with E-state index in [1.807, 2.05) is 0 Å². The van der Waals surface area contributed by atoms with Crippen LogP contribution in [0.4, 0.5) is 0 Å². The predicted octanol–water partition coefficient (Wildman–Crippen LogP) is 3.98. The fourth-order valence-electron chi connectivity index (χ4n) is 5.27. The molecule has 1 saturated heterocycles. The zero-order valence-corrected chi connectivity index (χ0v) is 13.6. The first-order valence-electron chi connectivity index (χ1n) is 9.13. The molecule has 22 heavy (non-hydrogen) atoms. The Hall–Kier alpha value is -0.450. The van der Waals surface area contributed by atoms with Gasteiger partial charge >= 0.3 is 0 Å². The van der Waals surface area contributed by atoms with E-state index >= 15 is 0 Å². The number of fused-ring (bicyclic) bond motifs is 2. The van der Waals surface area contributed by atoms with Gasteiger partial charge in [-0.2, -0.15) is 9.78 Å². The van der Waals surface area contributed by atoms with Crippen LogP contribution in [0.1, 0.15) is 71.1 Å². The Morgan fingerprint density at radius 3 is 2.27 bits per heavy atom. The lowest BCUT2D eigenvalue weighted by Gasteiger charge is -2.44. The van der Waals surface area contributed by atoms with Gasteiger partial charge in [-0.05, 0) is 50.9 Å². The summed E-state index contributed by atoms with van der Waals surface area (Å²) in [5.74, 6) is 1.12. The number of carbonyl (C=O) groups is 1. The lowest BCUT2D eigenvalue weighted by Crippen LogP contribution is -2.45. The minimum absolute atomic E-state index is 0.165. The SMILES string of the molecule is C[C@@]1(C2CC3CCCC(C3)C2)OOC2(CCC(C=O)CC2)O1. The average Bonchev–Trinajstić information content (AvgIpc) is 2.86. The second-order valence-corrected chi connectivity index (χ2v) is 8.24. The fraction of sp³-hybridized carbons (Fsp3) is 0.944. The zero-order chi connectivity index (χ0) is 15.2. The van der Waals surface area contributed by atoms with Gasteiger partial charge in [0.2, 0.25) is 11.6 Å². The van der Waals surface area contributed by atoms with Crippen LogP contribution >= 0.6 is 0 Å². The lowest BCUT2D eigenvalue weighted by atomic mass is 9.66. The number of ether oxygens (including phenoxy) is 1. The quantitative estimate of drug-likeness (QED) is 0.571. The van der Waals surface area contributed by atoms with Gasteiger partial charge in [0.1, 0.15) is 6.29 Å². The standard InChI is InChI=1S/C18H28O4/c1-17(16-10-14-3-2-4-15(9-14)11-16)20-18(22-21-17)7-5-13(12-19)6-8-18/h12-16H,2-11H2,1H3/t13?,14?,15?,16?,17-,18?/m0/s1. The van der Waals surface area contributed by atoms with Gasteiger partial charge in [-0.3, -0.25) is 0 Å².